The molecule has 1 rings (SSSR count). The second-order valence-electron chi connectivity index (χ2n) is 4.65. The van der Waals surface area contributed by atoms with E-state index in [2.05, 4.69) is 32.6 Å². The Bertz CT molecular complexity index is 354. The highest BCUT2D eigenvalue weighted by atomic mass is 16.1. The van der Waals surface area contributed by atoms with Crippen molar-refractivity contribution in [3.05, 3.63) is 47.6 Å². The van der Waals surface area contributed by atoms with Crippen LogP contribution in [0, 0.1) is 5.41 Å². The molecule has 1 aliphatic carbocycles. The molecule has 0 N–H and O–H groups in total. The lowest BCUT2D eigenvalue weighted by Gasteiger charge is -2.12. The molecule has 0 aliphatic heterocycles. The van der Waals surface area contributed by atoms with Gasteiger partial charge in [0.15, 0.2) is 5.78 Å². The zero-order chi connectivity index (χ0) is 11.6. The summed E-state index contributed by atoms with van der Waals surface area (Å²) >= 11 is 0. The van der Waals surface area contributed by atoms with E-state index in [0.717, 1.165) is 16.7 Å². The van der Waals surface area contributed by atoms with E-state index >= 15 is 0 Å². The van der Waals surface area contributed by atoms with E-state index < -0.39 is 0 Å². The van der Waals surface area contributed by atoms with Gasteiger partial charge in [0, 0.05) is 11.0 Å². The Morgan fingerprint density at radius 2 is 1.60 bits per heavy atom. The summed E-state index contributed by atoms with van der Waals surface area (Å²) in [6.45, 7) is 11.6. The van der Waals surface area contributed by atoms with E-state index in [9.17, 15) is 4.79 Å². The standard InChI is InChI=1S/C14H18O/c1-10(2)12-6-8-14(4,5)9-7-13(12)11(3)15/h6-9H,1H2,2-5H3. The summed E-state index contributed by atoms with van der Waals surface area (Å²) < 4.78 is 0. The first kappa shape index (κ1) is 11.7. The van der Waals surface area contributed by atoms with Crippen LogP contribution in [0.3, 0.4) is 0 Å². The van der Waals surface area contributed by atoms with Gasteiger partial charge < -0.3 is 0 Å². The molecule has 1 aliphatic rings. The molecule has 0 fully saturated rings. The fourth-order valence-corrected chi connectivity index (χ4v) is 1.51. The Balaban J connectivity index is 3.31. The van der Waals surface area contributed by atoms with Crippen molar-refractivity contribution in [3.63, 3.8) is 0 Å². The summed E-state index contributed by atoms with van der Waals surface area (Å²) in [4.78, 5) is 11.5. The van der Waals surface area contributed by atoms with Crippen LogP contribution in [0.1, 0.15) is 27.7 Å². The van der Waals surface area contributed by atoms with Crippen molar-refractivity contribution in [2.75, 3.05) is 0 Å². The zero-order valence-electron chi connectivity index (χ0n) is 9.92. The SMILES string of the molecule is C=C(C)C1=C(C(C)=O)C=CC(C)(C)C=C1. The molecule has 80 valence electrons. The Morgan fingerprint density at radius 1 is 1.13 bits per heavy atom. The van der Waals surface area contributed by atoms with Gasteiger partial charge in [0.2, 0.25) is 0 Å². The second kappa shape index (κ2) is 4.01. The molecule has 0 bridgehead atoms. The lowest BCUT2D eigenvalue weighted by Crippen LogP contribution is -2.01. The third-order valence-corrected chi connectivity index (χ3v) is 2.49. The fourth-order valence-electron chi connectivity index (χ4n) is 1.51. The lowest BCUT2D eigenvalue weighted by molar-refractivity contribution is -0.113. The summed E-state index contributed by atoms with van der Waals surface area (Å²) in [7, 11) is 0. The number of carbonyl (C=O) groups excluding carboxylic acids is 1. The third kappa shape index (κ3) is 2.79. The van der Waals surface area contributed by atoms with E-state index in [1.807, 2.05) is 19.1 Å². The van der Waals surface area contributed by atoms with Gasteiger partial charge in [-0.3, -0.25) is 4.79 Å². The van der Waals surface area contributed by atoms with Crippen LogP contribution < -0.4 is 0 Å². The van der Waals surface area contributed by atoms with Crippen LogP contribution in [-0.4, -0.2) is 5.78 Å². The van der Waals surface area contributed by atoms with Crippen molar-refractivity contribution in [2.24, 2.45) is 5.41 Å². The molecule has 0 amide bonds. The fraction of sp³-hybridized carbons (Fsp3) is 0.357. The number of hydrogen-bond acceptors (Lipinski definition) is 1. The predicted octanol–water partition coefficient (Wildman–Crippen LogP) is 3.60. The van der Waals surface area contributed by atoms with Gasteiger partial charge in [0.25, 0.3) is 0 Å². The highest BCUT2D eigenvalue weighted by molar-refractivity contribution is 5.98. The van der Waals surface area contributed by atoms with Gasteiger partial charge >= 0.3 is 0 Å². The lowest BCUT2D eigenvalue weighted by atomic mass is 9.93. The molecular formula is C14H18O. The predicted molar refractivity (Wildman–Crippen MR) is 64.6 cm³/mol. The first-order chi connectivity index (χ1) is 6.83. The van der Waals surface area contributed by atoms with E-state index in [4.69, 9.17) is 0 Å². The van der Waals surface area contributed by atoms with Crippen LogP contribution in [-0.2, 0) is 4.79 Å². The molecule has 0 aromatic rings. The number of allylic oxidation sites excluding steroid dienone is 7. The van der Waals surface area contributed by atoms with Crippen LogP contribution in [0.2, 0.25) is 0 Å². The Morgan fingerprint density at radius 3 is 2.00 bits per heavy atom. The maximum Gasteiger partial charge on any atom is 0.160 e. The first-order valence-electron chi connectivity index (χ1n) is 5.13. The normalized spacial score (nSPS) is 18.9. The molecular weight excluding hydrogens is 184 g/mol. The van der Waals surface area contributed by atoms with Gasteiger partial charge in [-0.1, -0.05) is 50.3 Å². The summed E-state index contributed by atoms with van der Waals surface area (Å²) in [6.07, 6.45) is 8.06. The molecule has 1 nitrogen and oxygen atoms in total. The number of rotatable bonds is 2. The van der Waals surface area contributed by atoms with Gasteiger partial charge in [0.05, 0.1) is 0 Å². The van der Waals surface area contributed by atoms with Crippen molar-refractivity contribution in [2.45, 2.75) is 27.7 Å². The number of hydrogen-bond donors (Lipinski definition) is 0. The minimum absolute atomic E-state index is 0.00208. The average Bonchev–Trinajstić information content (AvgIpc) is 2.23. The largest absolute Gasteiger partial charge is 0.294 e. The average molecular weight is 202 g/mol. The van der Waals surface area contributed by atoms with Crippen LogP contribution >= 0.6 is 0 Å². The Kier molecular flexibility index (Phi) is 3.13. The quantitative estimate of drug-likeness (QED) is 0.668. The maximum absolute atomic E-state index is 11.5. The molecule has 0 atom stereocenters. The van der Waals surface area contributed by atoms with Crippen molar-refractivity contribution < 1.29 is 4.79 Å². The highest BCUT2D eigenvalue weighted by Crippen LogP contribution is 2.28. The summed E-state index contributed by atoms with van der Waals surface area (Å²) in [5.41, 5.74) is 2.63. The van der Waals surface area contributed by atoms with Crippen LogP contribution in [0.5, 0.6) is 0 Å². The minimum Gasteiger partial charge on any atom is -0.294 e. The molecule has 0 unspecified atom stereocenters. The first-order valence-corrected chi connectivity index (χ1v) is 5.13. The van der Waals surface area contributed by atoms with Crippen molar-refractivity contribution in [3.8, 4) is 0 Å². The molecule has 0 heterocycles. The van der Waals surface area contributed by atoms with E-state index in [1.165, 1.54) is 0 Å². The Labute approximate surface area is 91.9 Å². The molecule has 0 saturated carbocycles. The van der Waals surface area contributed by atoms with Crippen LogP contribution in [0.4, 0.5) is 0 Å². The topological polar surface area (TPSA) is 17.1 Å². The zero-order valence-corrected chi connectivity index (χ0v) is 9.92. The summed E-state index contributed by atoms with van der Waals surface area (Å²) in [6, 6.07) is 0. The minimum atomic E-state index is -0.00208. The van der Waals surface area contributed by atoms with Gasteiger partial charge in [-0.25, -0.2) is 0 Å². The molecule has 0 spiro atoms. The van der Waals surface area contributed by atoms with Crippen LogP contribution in [0.15, 0.2) is 47.6 Å². The molecule has 0 radical (unpaired) electrons. The molecule has 0 aromatic carbocycles. The van der Waals surface area contributed by atoms with Crippen LogP contribution in [0.25, 0.3) is 0 Å². The van der Waals surface area contributed by atoms with E-state index in [-0.39, 0.29) is 11.2 Å². The second-order valence-corrected chi connectivity index (χ2v) is 4.65. The molecule has 0 aromatic heterocycles. The highest BCUT2D eigenvalue weighted by Gasteiger charge is 2.16. The Hall–Kier alpha value is -1.37. The molecule has 1 heteroatoms. The van der Waals surface area contributed by atoms with E-state index in [1.54, 1.807) is 6.92 Å². The van der Waals surface area contributed by atoms with Gasteiger partial charge in [-0.2, -0.15) is 0 Å². The van der Waals surface area contributed by atoms with Crippen molar-refractivity contribution >= 4 is 5.78 Å². The maximum atomic E-state index is 11.5. The van der Waals surface area contributed by atoms with Gasteiger partial charge in [-0.15, -0.1) is 0 Å². The summed E-state index contributed by atoms with van der Waals surface area (Å²) in [5, 5.41) is 0. The van der Waals surface area contributed by atoms with Crippen molar-refractivity contribution in [1.29, 1.82) is 0 Å². The molecule has 0 saturated heterocycles. The van der Waals surface area contributed by atoms with Gasteiger partial charge in [0.1, 0.15) is 0 Å². The van der Waals surface area contributed by atoms with E-state index in [0.29, 0.717) is 0 Å². The van der Waals surface area contributed by atoms with Crippen molar-refractivity contribution in [1.82, 2.24) is 0 Å². The number of ketones is 1. The third-order valence-electron chi connectivity index (χ3n) is 2.49. The monoisotopic (exact) mass is 202 g/mol. The van der Waals surface area contributed by atoms with Gasteiger partial charge in [-0.05, 0) is 19.4 Å². The smallest absolute Gasteiger partial charge is 0.160 e. The number of carbonyl (C=O) groups is 1. The molecule has 15 heavy (non-hydrogen) atoms. The number of Topliss-reactive ketones (excluding diaryl/α,β-unsaturated/α-hetero) is 1. The summed E-state index contributed by atoms with van der Waals surface area (Å²) in [5.74, 6) is 0.0894.